The first-order valence-electron chi connectivity index (χ1n) is 4.06. The highest BCUT2D eigenvalue weighted by Gasteiger charge is 2.21. The smallest absolute Gasteiger partial charge is 0.137 e. The zero-order valence-electron chi connectivity index (χ0n) is 6.97. The number of aromatic nitrogens is 3. The minimum Gasteiger partial charge on any atom is -0.303 e. The topological polar surface area (TPSA) is 42.7 Å². The largest absolute Gasteiger partial charge is 0.303 e. The average molecular weight is 184 g/mol. The summed E-state index contributed by atoms with van der Waals surface area (Å²) in [5.74, 6) is 0. The van der Waals surface area contributed by atoms with E-state index in [-0.39, 0.29) is 0 Å². The van der Waals surface area contributed by atoms with Gasteiger partial charge in [0.1, 0.15) is 12.7 Å². The molecule has 0 radical (unpaired) electrons. The van der Waals surface area contributed by atoms with E-state index in [4.69, 9.17) is 0 Å². The Bertz CT molecular complexity index is 236. The molecule has 2 atom stereocenters. The molecule has 1 N–H and O–H groups in total. The second-order valence-electron chi connectivity index (χ2n) is 2.96. The Labute approximate surface area is 75.8 Å². The number of thioether (sulfide) groups is 1. The number of hydrogen-bond acceptors (Lipinski definition) is 4. The van der Waals surface area contributed by atoms with E-state index in [1.54, 1.807) is 12.7 Å². The van der Waals surface area contributed by atoms with Crippen LogP contribution in [0.15, 0.2) is 12.7 Å². The summed E-state index contributed by atoms with van der Waals surface area (Å²) in [5.41, 5.74) is 0. The molecule has 0 aromatic carbocycles. The van der Waals surface area contributed by atoms with Crippen molar-refractivity contribution in [2.24, 2.45) is 0 Å². The Morgan fingerprint density at radius 3 is 3.25 bits per heavy atom. The zero-order valence-corrected chi connectivity index (χ0v) is 7.79. The minimum absolute atomic E-state index is 0.502. The number of nitrogens with zero attached hydrogens (tertiary/aromatic N) is 3. The van der Waals surface area contributed by atoms with Gasteiger partial charge in [-0.25, -0.2) is 4.98 Å². The van der Waals surface area contributed by atoms with Gasteiger partial charge in [0.25, 0.3) is 0 Å². The lowest BCUT2D eigenvalue weighted by atomic mass is 10.5. The lowest BCUT2D eigenvalue weighted by Gasteiger charge is -2.08. The van der Waals surface area contributed by atoms with E-state index in [1.165, 1.54) is 0 Å². The van der Waals surface area contributed by atoms with E-state index in [2.05, 4.69) is 22.3 Å². The Hall–Kier alpha value is -0.550. The van der Waals surface area contributed by atoms with E-state index in [9.17, 15) is 0 Å². The number of rotatable bonds is 2. The van der Waals surface area contributed by atoms with Crippen LogP contribution in [0.3, 0.4) is 0 Å². The quantitative estimate of drug-likeness (QED) is 0.719. The molecule has 0 bridgehead atoms. The zero-order chi connectivity index (χ0) is 8.39. The van der Waals surface area contributed by atoms with E-state index in [0.29, 0.717) is 5.37 Å². The van der Waals surface area contributed by atoms with Crippen molar-refractivity contribution in [3.63, 3.8) is 0 Å². The van der Waals surface area contributed by atoms with Crippen molar-refractivity contribution in [2.75, 3.05) is 6.54 Å². The lowest BCUT2D eigenvalue weighted by Crippen LogP contribution is -2.25. The van der Waals surface area contributed by atoms with E-state index < -0.39 is 0 Å². The van der Waals surface area contributed by atoms with Crippen LogP contribution in [-0.2, 0) is 6.54 Å². The van der Waals surface area contributed by atoms with Crippen molar-refractivity contribution < 1.29 is 0 Å². The normalized spacial score (nSPS) is 29.4. The van der Waals surface area contributed by atoms with Crippen LogP contribution in [0, 0.1) is 0 Å². The predicted octanol–water partition coefficient (Wildman–Crippen LogP) is 0.329. The molecule has 0 saturated carbocycles. The number of nitrogens with one attached hydrogen (secondary N) is 1. The van der Waals surface area contributed by atoms with E-state index >= 15 is 0 Å². The van der Waals surface area contributed by atoms with Crippen LogP contribution in [0.25, 0.3) is 0 Å². The standard InChI is InChI=1S/C7H12N4S/c1-6-2-9-7(12-6)3-11-5-8-4-10-11/h4-7,9H,2-3H2,1H3. The van der Waals surface area contributed by atoms with Gasteiger partial charge in [-0.15, -0.1) is 11.8 Å². The molecule has 5 heteroatoms. The third-order valence-electron chi connectivity index (χ3n) is 1.85. The van der Waals surface area contributed by atoms with Crippen LogP contribution < -0.4 is 5.32 Å². The van der Waals surface area contributed by atoms with Gasteiger partial charge in [0, 0.05) is 11.8 Å². The summed E-state index contributed by atoms with van der Waals surface area (Å²) in [4.78, 5) is 3.90. The fourth-order valence-electron chi connectivity index (χ4n) is 1.28. The van der Waals surface area contributed by atoms with Crippen LogP contribution in [0.2, 0.25) is 0 Å². The Kier molecular flexibility index (Phi) is 2.32. The van der Waals surface area contributed by atoms with Gasteiger partial charge in [-0.1, -0.05) is 6.92 Å². The Balaban J connectivity index is 1.88. The predicted molar refractivity (Wildman–Crippen MR) is 48.9 cm³/mol. The first kappa shape index (κ1) is 8.07. The molecular formula is C7H12N4S. The molecule has 0 aliphatic carbocycles. The summed E-state index contributed by atoms with van der Waals surface area (Å²) < 4.78 is 1.86. The maximum Gasteiger partial charge on any atom is 0.137 e. The Morgan fingerprint density at radius 2 is 2.67 bits per heavy atom. The van der Waals surface area contributed by atoms with Gasteiger partial charge in [0.15, 0.2) is 0 Å². The average Bonchev–Trinajstić information content (AvgIpc) is 2.63. The lowest BCUT2D eigenvalue weighted by molar-refractivity contribution is 0.544. The van der Waals surface area contributed by atoms with Gasteiger partial charge < -0.3 is 5.32 Å². The second-order valence-corrected chi connectivity index (χ2v) is 4.61. The molecule has 66 valence electrons. The molecule has 2 unspecified atom stereocenters. The van der Waals surface area contributed by atoms with Crippen molar-refractivity contribution >= 4 is 11.8 Å². The molecule has 1 aromatic rings. The molecule has 1 fully saturated rings. The van der Waals surface area contributed by atoms with Crippen LogP contribution in [0.5, 0.6) is 0 Å². The third kappa shape index (κ3) is 1.78. The summed E-state index contributed by atoms with van der Waals surface area (Å²) in [6, 6.07) is 0. The molecule has 4 nitrogen and oxygen atoms in total. The summed E-state index contributed by atoms with van der Waals surface area (Å²) in [5, 5.41) is 8.70. The second kappa shape index (κ2) is 3.45. The van der Waals surface area contributed by atoms with Gasteiger partial charge in [0.2, 0.25) is 0 Å². The maximum absolute atomic E-state index is 4.06. The first-order valence-corrected chi connectivity index (χ1v) is 5.00. The maximum atomic E-state index is 4.06. The summed E-state index contributed by atoms with van der Waals surface area (Å²) in [7, 11) is 0. The van der Waals surface area contributed by atoms with Gasteiger partial charge in [-0.3, -0.25) is 4.68 Å². The third-order valence-corrected chi connectivity index (χ3v) is 3.12. The highest BCUT2D eigenvalue weighted by Crippen LogP contribution is 2.22. The van der Waals surface area contributed by atoms with Gasteiger partial charge in [0.05, 0.1) is 11.9 Å². The van der Waals surface area contributed by atoms with Crippen molar-refractivity contribution in [2.45, 2.75) is 24.1 Å². The molecule has 2 heterocycles. The van der Waals surface area contributed by atoms with Crippen LogP contribution in [0.4, 0.5) is 0 Å². The molecule has 1 aliphatic rings. The fourth-order valence-corrected chi connectivity index (χ4v) is 2.46. The minimum atomic E-state index is 0.502. The van der Waals surface area contributed by atoms with E-state index in [1.807, 2.05) is 16.4 Å². The van der Waals surface area contributed by atoms with Crippen molar-refractivity contribution in [3.8, 4) is 0 Å². The first-order chi connectivity index (χ1) is 5.84. The SMILES string of the molecule is CC1CNC(Cn2cncn2)S1. The van der Waals surface area contributed by atoms with Gasteiger partial charge in [-0.2, -0.15) is 5.10 Å². The Morgan fingerprint density at radius 1 is 1.75 bits per heavy atom. The van der Waals surface area contributed by atoms with Crippen LogP contribution >= 0.6 is 11.8 Å². The van der Waals surface area contributed by atoms with Gasteiger partial charge >= 0.3 is 0 Å². The molecule has 2 rings (SSSR count). The summed E-state index contributed by atoms with van der Waals surface area (Å²) in [6.45, 7) is 4.25. The molecule has 1 saturated heterocycles. The van der Waals surface area contributed by atoms with Crippen LogP contribution in [-0.4, -0.2) is 31.9 Å². The van der Waals surface area contributed by atoms with Crippen molar-refractivity contribution in [1.82, 2.24) is 20.1 Å². The molecule has 12 heavy (non-hydrogen) atoms. The highest BCUT2D eigenvalue weighted by molar-refractivity contribution is 8.00. The van der Waals surface area contributed by atoms with E-state index in [0.717, 1.165) is 18.3 Å². The molecule has 0 amide bonds. The molecular weight excluding hydrogens is 172 g/mol. The van der Waals surface area contributed by atoms with Crippen molar-refractivity contribution in [1.29, 1.82) is 0 Å². The van der Waals surface area contributed by atoms with Gasteiger partial charge in [-0.05, 0) is 0 Å². The molecule has 1 aromatic heterocycles. The monoisotopic (exact) mass is 184 g/mol. The van der Waals surface area contributed by atoms with Crippen LogP contribution in [0.1, 0.15) is 6.92 Å². The molecule has 1 aliphatic heterocycles. The van der Waals surface area contributed by atoms with Crippen molar-refractivity contribution in [3.05, 3.63) is 12.7 Å². The summed E-state index contributed by atoms with van der Waals surface area (Å²) >= 11 is 1.96. The highest BCUT2D eigenvalue weighted by atomic mass is 32.2. The number of hydrogen-bond donors (Lipinski definition) is 1. The fraction of sp³-hybridized carbons (Fsp3) is 0.714. The summed E-state index contributed by atoms with van der Waals surface area (Å²) in [6.07, 6.45) is 3.33. The molecule has 0 spiro atoms.